The minimum atomic E-state index is -1.66. The first-order chi connectivity index (χ1) is 9.04. The fourth-order valence-corrected chi connectivity index (χ4v) is 2.56. The molecule has 0 atom stereocenters. The molecule has 0 spiro atoms. The normalized spacial score (nSPS) is 10.5. The molecule has 2 rings (SSSR count). The number of benzene rings is 2. The zero-order chi connectivity index (χ0) is 13.8. The van der Waals surface area contributed by atoms with Crippen LogP contribution >= 0.6 is 23.4 Å². The van der Waals surface area contributed by atoms with E-state index < -0.39 is 12.9 Å². The van der Waals surface area contributed by atoms with Gasteiger partial charge in [-0.05, 0) is 47.4 Å². The number of hydrogen-bond donors (Lipinski definition) is 2. The van der Waals surface area contributed by atoms with Crippen molar-refractivity contribution < 1.29 is 14.4 Å². The fourth-order valence-electron chi connectivity index (χ4n) is 1.61. The van der Waals surface area contributed by atoms with E-state index in [4.69, 9.17) is 21.6 Å². The molecule has 0 unspecified atom stereocenters. The quantitative estimate of drug-likeness (QED) is 0.672. The first-order valence-corrected chi connectivity index (χ1v) is 6.95. The van der Waals surface area contributed by atoms with E-state index in [-0.39, 0.29) is 5.46 Å². The highest BCUT2D eigenvalue weighted by molar-refractivity contribution is 7.98. The van der Waals surface area contributed by atoms with E-state index in [9.17, 15) is 4.39 Å². The summed E-state index contributed by atoms with van der Waals surface area (Å²) in [6, 6.07) is 11.4. The van der Waals surface area contributed by atoms with Crippen molar-refractivity contribution in [1.29, 1.82) is 0 Å². The highest BCUT2D eigenvalue weighted by atomic mass is 35.5. The third-order valence-electron chi connectivity index (χ3n) is 2.50. The van der Waals surface area contributed by atoms with Gasteiger partial charge in [0.05, 0.1) is 0 Å². The SMILES string of the molecule is OB(O)c1cc(F)cc(CSc2ccc(Cl)cc2)c1. The summed E-state index contributed by atoms with van der Waals surface area (Å²) in [4.78, 5) is 1.01. The van der Waals surface area contributed by atoms with E-state index in [0.29, 0.717) is 16.3 Å². The number of thioether (sulfide) groups is 1. The molecule has 2 aromatic carbocycles. The third kappa shape index (κ3) is 4.25. The van der Waals surface area contributed by atoms with Crippen molar-refractivity contribution in [3.63, 3.8) is 0 Å². The average molecular weight is 297 g/mol. The molecule has 0 heterocycles. The monoisotopic (exact) mass is 296 g/mol. The van der Waals surface area contributed by atoms with Crippen LogP contribution in [0.4, 0.5) is 4.39 Å². The van der Waals surface area contributed by atoms with Crippen LogP contribution in [-0.2, 0) is 5.75 Å². The Bertz CT molecular complexity index is 563. The molecule has 98 valence electrons. The van der Waals surface area contributed by atoms with Gasteiger partial charge in [-0.3, -0.25) is 0 Å². The summed E-state index contributed by atoms with van der Waals surface area (Å²) in [6.45, 7) is 0. The molecule has 2 N–H and O–H groups in total. The minimum Gasteiger partial charge on any atom is -0.423 e. The molecular formula is C13H11BClFO2S. The molecule has 0 aliphatic carbocycles. The van der Waals surface area contributed by atoms with E-state index in [1.165, 1.54) is 17.8 Å². The second kappa shape index (κ2) is 6.43. The molecule has 0 fully saturated rings. The Morgan fingerprint density at radius 3 is 2.42 bits per heavy atom. The van der Waals surface area contributed by atoms with Crippen LogP contribution in [0.25, 0.3) is 0 Å². The lowest BCUT2D eigenvalue weighted by Gasteiger charge is -2.06. The van der Waals surface area contributed by atoms with E-state index in [0.717, 1.165) is 11.0 Å². The topological polar surface area (TPSA) is 40.5 Å². The Labute approximate surface area is 120 Å². The largest absolute Gasteiger partial charge is 0.488 e. The zero-order valence-corrected chi connectivity index (χ0v) is 11.5. The first-order valence-electron chi connectivity index (χ1n) is 5.58. The van der Waals surface area contributed by atoms with E-state index in [1.807, 2.05) is 12.1 Å². The van der Waals surface area contributed by atoms with Crippen LogP contribution in [0.15, 0.2) is 47.4 Å². The molecule has 0 aromatic heterocycles. The van der Waals surface area contributed by atoms with Crippen molar-refractivity contribution in [2.75, 3.05) is 0 Å². The predicted molar refractivity (Wildman–Crippen MR) is 77.2 cm³/mol. The van der Waals surface area contributed by atoms with Crippen molar-refractivity contribution in [2.45, 2.75) is 10.6 Å². The maximum Gasteiger partial charge on any atom is 0.488 e. The first kappa shape index (κ1) is 14.4. The standard InChI is InChI=1S/C13H11BClFO2S/c15-11-1-3-13(4-2-11)19-8-9-5-10(14(17)18)7-12(16)6-9/h1-7,17-18H,8H2. The molecular weight excluding hydrogens is 285 g/mol. The predicted octanol–water partition coefficient (Wildman–Crippen LogP) is 2.45. The van der Waals surface area contributed by atoms with Crippen LogP contribution in [0.2, 0.25) is 5.02 Å². The van der Waals surface area contributed by atoms with Crippen molar-refractivity contribution >= 4 is 35.9 Å². The third-order valence-corrected chi connectivity index (χ3v) is 3.83. The van der Waals surface area contributed by atoms with Gasteiger partial charge < -0.3 is 10.0 Å². The molecule has 0 bridgehead atoms. The second-order valence-electron chi connectivity index (χ2n) is 4.01. The average Bonchev–Trinajstić information content (AvgIpc) is 2.37. The van der Waals surface area contributed by atoms with Crippen molar-refractivity contribution in [2.24, 2.45) is 0 Å². The fraction of sp³-hybridized carbons (Fsp3) is 0.0769. The lowest BCUT2D eigenvalue weighted by molar-refractivity contribution is 0.425. The summed E-state index contributed by atoms with van der Waals surface area (Å²) in [6.07, 6.45) is 0. The molecule has 2 nitrogen and oxygen atoms in total. The van der Waals surface area contributed by atoms with Crippen molar-refractivity contribution in [3.8, 4) is 0 Å². The summed E-state index contributed by atoms with van der Waals surface area (Å²) >= 11 is 7.31. The van der Waals surface area contributed by atoms with Crippen LogP contribution in [0.5, 0.6) is 0 Å². The van der Waals surface area contributed by atoms with Crippen LogP contribution in [-0.4, -0.2) is 17.2 Å². The summed E-state index contributed by atoms with van der Waals surface area (Å²) in [7, 11) is -1.66. The van der Waals surface area contributed by atoms with Crippen LogP contribution in [0.1, 0.15) is 5.56 Å². The Kier molecular flexibility index (Phi) is 4.88. The van der Waals surface area contributed by atoms with Gasteiger partial charge in [0.2, 0.25) is 0 Å². The van der Waals surface area contributed by atoms with Gasteiger partial charge in [0.1, 0.15) is 5.82 Å². The van der Waals surface area contributed by atoms with Crippen molar-refractivity contribution in [1.82, 2.24) is 0 Å². The number of rotatable bonds is 4. The smallest absolute Gasteiger partial charge is 0.423 e. The van der Waals surface area contributed by atoms with Crippen molar-refractivity contribution in [3.05, 3.63) is 58.9 Å². The Morgan fingerprint density at radius 1 is 1.11 bits per heavy atom. The van der Waals surface area contributed by atoms with E-state index in [1.54, 1.807) is 18.2 Å². The van der Waals surface area contributed by atoms with Gasteiger partial charge in [-0.1, -0.05) is 17.7 Å². The van der Waals surface area contributed by atoms with Gasteiger partial charge in [-0.2, -0.15) is 0 Å². The van der Waals surface area contributed by atoms with Crippen LogP contribution in [0.3, 0.4) is 0 Å². The summed E-state index contributed by atoms with van der Waals surface area (Å²) in [5.41, 5.74) is 0.856. The van der Waals surface area contributed by atoms with Gasteiger partial charge in [0.25, 0.3) is 0 Å². The van der Waals surface area contributed by atoms with Crippen LogP contribution < -0.4 is 5.46 Å². The Hall–Kier alpha value is -1.01. The van der Waals surface area contributed by atoms with Gasteiger partial charge >= 0.3 is 7.12 Å². The summed E-state index contributed by atoms with van der Waals surface area (Å²) in [5.74, 6) is 0.0661. The van der Waals surface area contributed by atoms with Gasteiger partial charge in [0.15, 0.2) is 0 Å². The number of halogens is 2. The lowest BCUT2D eigenvalue weighted by atomic mass is 9.79. The molecule has 0 aliphatic heterocycles. The zero-order valence-electron chi connectivity index (χ0n) is 9.88. The highest BCUT2D eigenvalue weighted by Gasteiger charge is 2.13. The molecule has 19 heavy (non-hydrogen) atoms. The molecule has 2 aromatic rings. The summed E-state index contributed by atoms with van der Waals surface area (Å²) in [5, 5.41) is 18.8. The molecule has 6 heteroatoms. The Balaban J connectivity index is 2.08. The number of hydrogen-bond acceptors (Lipinski definition) is 3. The lowest BCUT2D eigenvalue weighted by Crippen LogP contribution is -2.30. The molecule has 0 saturated heterocycles. The van der Waals surface area contributed by atoms with Gasteiger partial charge in [-0.25, -0.2) is 4.39 Å². The van der Waals surface area contributed by atoms with Gasteiger partial charge in [0, 0.05) is 15.7 Å². The molecule has 0 saturated carbocycles. The molecule has 0 amide bonds. The van der Waals surface area contributed by atoms with E-state index in [2.05, 4.69) is 0 Å². The minimum absolute atomic E-state index is 0.159. The van der Waals surface area contributed by atoms with E-state index >= 15 is 0 Å². The molecule has 0 aliphatic rings. The summed E-state index contributed by atoms with van der Waals surface area (Å²) < 4.78 is 13.3. The molecule has 0 radical (unpaired) electrons. The highest BCUT2D eigenvalue weighted by Crippen LogP contribution is 2.24. The second-order valence-corrected chi connectivity index (χ2v) is 5.49. The Morgan fingerprint density at radius 2 is 1.79 bits per heavy atom. The van der Waals surface area contributed by atoms with Crippen LogP contribution in [0, 0.1) is 5.82 Å². The van der Waals surface area contributed by atoms with Gasteiger partial charge in [-0.15, -0.1) is 11.8 Å². The maximum absolute atomic E-state index is 13.3. The maximum atomic E-state index is 13.3.